The summed E-state index contributed by atoms with van der Waals surface area (Å²) in [5, 5.41) is 2.87. The molecule has 2 rings (SSSR count). The molecule has 0 saturated heterocycles. The second-order valence-electron chi connectivity index (χ2n) is 5.52. The zero-order valence-electron chi connectivity index (χ0n) is 13.9. The topological polar surface area (TPSA) is 81.4 Å². The molecule has 2 aromatic rings. The molecule has 5 nitrogen and oxygen atoms in total. The Morgan fingerprint density at radius 3 is 2.50 bits per heavy atom. The third kappa shape index (κ3) is 4.59. The van der Waals surface area contributed by atoms with Crippen molar-refractivity contribution < 1.29 is 14.3 Å². The van der Waals surface area contributed by atoms with Gasteiger partial charge in [0, 0.05) is 12.0 Å². The zero-order chi connectivity index (χ0) is 17.5. The molecule has 0 aromatic heterocycles. The van der Waals surface area contributed by atoms with Gasteiger partial charge in [0.2, 0.25) is 0 Å². The van der Waals surface area contributed by atoms with E-state index in [4.69, 9.17) is 10.5 Å². The highest BCUT2D eigenvalue weighted by Gasteiger charge is 2.12. The fourth-order valence-corrected chi connectivity index (χ4v) is 2.31. The minimum absolute atomic E-state index is 0.0164. The van der Waals surface area contributed by atoms with E-state index in [0.29, 0.717) is 23.4 Å². The molecule has 0 aliphatic rings. The highest BCUT2D eigenvalue weighted by Crippen LogP contribution is 2.23. The first-order chi connectivity index (χ1) is 11.5. The standard InChI is InChI=1S/C19H22N2O3/c1-3-17(22)15-9-10-18(16(20)11-15)24-12-19(23)21-13(2)14-7-5-4-6-8-14/h4-11,13H,3,12,20H2,1-2H3,(H,21,23). The lowest BCUT2D eigenvalue weighted by Crippen LogP contribution is -2.31. The zero-order valence-corrected chi connectivity index (χ0v) is 13.9. The smallest absolute Gasteiger partial charge is 0.258 e. The Hall–Kier alpha value is -2.82. The molecule has 0 bridgehead atoms. The maximum atomic E-state index is 12.0. The van der Waals surface area contributed by atoms with Crippen molar-refractivity contribution >= 4 is 17.4 Å². The number of rotatable bonds is 7. The van der Waals surface area contributed by atoms with Crippen molar-refractivity contribution in [3.05, 3.63) is 59.7 Å². The number of carbonyl (C=O) groups excluding carboxylic acids is 2. The number of ether oxygens (including phenoxy) is 1. The highest BCUT2D eigenvalue weighted by atomic mass is 16.5. The van der Waals surface area contributed by atoms with Crippen LogP contribution < -0.4 is 15.8 Å². The van der Waals surface area contributed by atoms with Gasteiger partial charge in [-0.25, -0.2) is 0 Å². The van der Waals surface area contributed by atoms with E-state index in [1.807, 2.05) is 37.3 Å². The summed E-state index contributed by atoms with van der Waals surface area (Å²) in [7, 11) is 0. The number of nitrogens with two attached hydrogens (primary N) is 1. The molecule has 0 radical (unpaired) electrons. The molecule has 0 saturated carbocycles. The normalized spacial score (nSPS) is 11.6. The van der Waals surface area contributed by atoms with Crippen molar-refractivity contribution in [1.82, 2.24) is 5.32 Å². The predicted octanol–water partition coefficient (Wildman–Crippen LogP) is 3.12. The second-order valence-corrected chi connectivity index (χ2v) is 5.52. The number of benzene rings is 2. The number of anilines is 1. The Labute approximate surface area is 141 Å². The maximum absolute atomic E-state index is 12.0. The van der Waals surface area contributed by atoms with E-state index in [1.54, 1.807) is 25.1 Å². The average molecular weight is 326 g/mol. The van der Waals surface area contributed by atoms with Gasteiger partial charge in [-0.1, -0.05) is 37.3 Å². The molecule has 0 spiro atoms. The molecule has 0 aliphatic carbocycles. The summed E-state index contributed by atoms with van der Waals surface area (Å²) in [6, 6.07) is 14.4. The van der Waals surface area contributed by atoms with Gasteiger partial charge in [-0.2, -0.15) is 0 Å². The van der Waals surface area contributed by atoms with Gasteiger partial charge in [-0.3, -0.25) is 9.59 Å². The SMILES string of the molecule is CCC(=O)c1ccc(OCC(=O)NC(C)c2ccccc2)c(N)c1. The lowest BCUT2D eigenvalue weighted by atomic mass is 10.1. The van der Waals surface area contributed by atoms with Gasteiger partial charge in [0.1, 0.15) is 5.75 Å². The summed E-state index contributed by atoms with van der Waals surface area (Å²) in [4.78, 5) is 23.6. The fourth-order valence-electron chi connectivity index (χ4n) is 2.31. The van der Waals surface area contributed by atoms with E-state index in [0.717, 1.165) is 5.56 Å². The molecule has 126 valence electrons. The van der Waals surface area contributed by atoms with Crippen LogP contribution in [0.2, 0.25) is 0 Å². The maximum Gasteiger partial charge on any atom is 0.258 e. The summed E-state index contributed by atoms with van der Waals surface area (Å²) >= 11 is 0. The van der Waals surface area contributed by atoms with Gasteiger partial charge >= 0.3 is 0 Å². The quantitative estimate of drug-likeness (QED) is 0.605. The molecule has 0 aliphatic heterocycles. The lowest BCUT2D eigenvalue weighted by Gasteiger charge is -2.15. The van der Waals surface area contributed by atoms with Gasteiger partial charge in [-0.05, 0) is 30.7 Å². The molecule has 3 N–H and O–H groups in total. The van der Waals surface area contributed by atoms with Crippen molar-refractivity contribution in [2.45, 2.75) is 26.3 Å². The molecule has 0 heterocycles. The lowest BCUT2D eigenvalue weighted by molar-refractivity contribution is -0.123. The third-order valence-corrected chi connectivity index (χ3v) is 3.69. The van der Waals surface area contributed by atoms with E-state index in [2.05, 4.69) is 5.32 Å². The first-order valence-corrected chi connectivity index (χ1v) is 7.91. The average Bonchev–Trinajstić information content (AvgIpc) is 2.60. The van der Waals surface area contributed by atoms with E-state index < -0.39 is 0 Å². The largest absolute Gasteiger partial charge is 0.482 e. The van der Waals surface area contributed by atoms with E-state index in [1.165, 1.54) is 0 Å². The molecule has 1 atom stereocenters. The Kier molecular flexibility index (Phi) is 5.95. The molecule has 0 fully saturated rings. The minimum atomic E-state index is -0.237. The van der Waals surface area contributed by atoms with Gasteiger partial charge in [0.25, 0.3) is 5.91 Å². The predicted molar refractivity (Wildman–Crippen MR) is 94.0 cm³/mol. The Morgan fingerprint density at radius 2 is 1.88 bits per heavy atom. The molecule has 2 aromatic carbocycles. The minimum Gasteiger partial charge on any atom is -0.482 e. The van der Waals surface area contributed by atoms with E-state index in [9.17, 15) is 9.59 Å². The number of Topliss-reactive ketones (excluding diaryl/α,β-unsaturated/α-hetero) is 1. The van der Waals surface area contributed by atoms with Crippen molar-refractivity contribution in [1.29, 1.82) is 0 Å². The van der Waals surface area contributed by atoms with Crippen molar-refractivity contribution in [2.24, 2.45) is 0 Å². The molecule has 1 unspecified atom stereocenters. The Bertz CT molecular complexity index is 714. The third-order valence-electron chi connectivity index (χ3n) is 3.69. The number of nitrogens with one attached hydrogen (secondary N) is 1. The summed E-state index contributed by atoms with van der Waals surface area (Å²) < 4.78 is 5.46. The molecule has 1 amide bonds. The molecule has 24 heavy (non-hydrogen) atoms. The van der Waals surface area contributed by atoms with Crippen molar-refractivity contribution in [3.63, 3.8) is 0 Å². The van der Waals surface area contributed by atoms with Crippen LogP contribution in [0.25, 0.3) is 0 Å². The van der Waals surface area contributed by atoms with E-state index >= 15 is 0 Å². The number of nitrogen functional groups attached to an aromatic ring is 1. The Balaban J connectivity index is 1.91. The summed E-state index contributed by atoms with van der Waals surface area (Å²) in [5.41, 5.74) is 7.80. The van der Waals surface area contributed by atoms with Crippen molar-refractivity contribution in [2.75, 3.05) is 12.3 Å². The highest BCUT2D eigenvalue weighted by molar-refractivity contribution is 5.97. The van der Waals surface area contributed by atoms with Crippen LogP contribution >= 0.6 is 0 Å². The van der Waals surface area contributed by atoms with Gasteiger partial charge in [-0.15, -0.1) is 0 Å². The summed E-state index contributed by atoms with van der Waals surface area (Å²) in [5.74, 6) is 0.173. The molecular formula is C19H22N2O3. The Morgan fingerprint density at radius 1 is 1.17 bits per heavy atom. The van der Waals surface area contributed by atoms with Crippen LogP contribution in [-0.4, -0.2) is 18.3 Å². The number of carbonyl (C=O) groups is 2. The van der Waals surface area contributed by atoms with Gasteiger partial charge in [0.05, 0.1) is 11.7 Å². The van der Waals surface area contributed by atoms with Crippen LogP contribution in [0.15, 0.2) is 48.5 Å². The first-order valence-electron chi connectivity index (χ1n) is 7.91. The number of hydrogen-bond donors (Lipinski definition) is 2. The number of amides is 1. The molecular weight excluding hydrogens is 304 g/mol. The van der Waals surface area contributed by atoms with Crippen LogP contribution in [0.5, 0.6) is 5.75 Å². The van der Waals surface area contributed by atoms with E-state index in [-0.39, 0.29) is 24.3 Å². The monoisotopic (exact) mass is 326 g/mol. The van der Waals surface area contributed by atoms with Crippen molar-refractivity contribution in [3.8, 4) is 5.75 Å². The molecule has 5 heteroatoms. The van der Waals surface area contributed by atoms with Gasteiger partial charge < -0.3 is 15.8 Å². The summed E-state index contributed by atoms with van der Waals surface area (Å²) in [6.07, 6.45) is 0.416. The van der Waals surface area contributed by atoms with Gasteiger partial charge in [0.15, 0.2) is 12.4 Å². The first kappa shape index (κ1) is 17.5. The van der Waals surface area contributed by atoms with Crippen LogP contribution in [0.3, 0.4) is 0 Å². The fraction of sp³-hybridized carbons (Fsp3) is 0.263. The number of ketones is 1. The van der Waals surface area contributed by atoms with Crippen LogP contribution in [0, 0.1) is 0 Å². The van der Waals surface area contributed by atoms with Crippen LogP contribution in [0.4, 0.5) is 5.69 Å². The van der Waals surface area contributed by atoms with Crippen LogP contribution in [0.1, 0.15) is 42.2 Å². The summed E-state index contributed by atoms with van der Waals surface area (Å²) in [6.45, 7) is 3.57. The number of hydrogen-bond acceptors (Lipinski definition) is 4. The van der Waals surface area contributed by atoms with Crippen LogP contribution in [-0.2, 0) is 4.79 Å². The second kappa shape index (κ2) is 8.15.